The molecule has 18 heavy (non-hydrogen) atoms. The van der Waals surface area contributed by atoms with Gasteiger partial charge in [0, 0.05) is 24.8 Å². The molecule has 0 atom stereocenters. The molecule has 0 aromatic carbocycles. The van der Waals surface area contributed by atoms with E-state index in [4.69, 9.17) is 0 Å². The van der Waals surface area contributed by atoms with E-state index in [1.807, 2.05) is 6.92 Å². The lowest BCUT2D eigenvalue weighted by atomic mass is 10.1. The maximum Gasteiger partial charge on any atom is 0.137 e. The van der Waals surface area contributed by atoms with Crippen molar-refractivity contribution < 1.29 is 5.11 Å². The molecule has 100 valence electrons. The van der Waals surface area contributed by atoms with Gasteiger partial charge in [0.15, 0.2) is 0 Å². The molecule has 0 spiro atoms. The van der Waals surface area contributed by atoms with Crippen molar-refractivity contribution in [3.63, 3.8) is 0 Å². The van der Waals surface area contributed by atoms with Gasteiger partial charge in [0.1, 0.15) is 11.6 Å². The first-order chi connectivity index (χ1) is 8.72. The molecule has 1 fully saturated rings. The highest BCUT2D eigenvalue weighted by Crippen LogP contribution is 2.26. The molecule has 1 N–H and O–H groups in total. The molecule has 1 aliphatic carbocycles. The van der Waals surface area contributed by atoms with Crippen molar-refractivity contribution in [2.24, 2.45) is 0 Å². The third-order valence-electron chi connectivity index (χ3n) is 3.84. The van der Waals surface area contributed by atoms with Crippen LogP contribution in [0.3, 0.4) is 0 Å². The number of rotatable bonds is 3. The minimum absolute atomic E-state index is 0.00662. The Morgan fingerprint density at radius 3 is 2.56 bits per heavy atom. The van der Waals surface area contributed by atoms with Gasteiger partial charge in [-0.05, 0) is 19.8 Å². The quantitative estimate of drug-likeness (QED) is 0.836. The summed E-state index contributed by atoms with van der Waals surface area (Å²) in [6.07, 6.45) is 9.49. The van der Waals surface area contributed by atoms with Crippen molar-refractivity contribution in [3.05, 3.63) is 17.6 Å². The van der Waals surface area contributed by atoms with Crippen LogP contribution in [0.2, 0.25) is 0 Å². The molecular weight excluding hydrogens is 226 g/mol. The molecule has 0 unspecified atom stereocenters. The Labute approximate surface area is 109 Å². The van der Waals surface area contributed by atoms with E-state index in [-0.39, 0.29) is 6.61 Å². The van der Waals surface area contributed by atoms with Crippen LogP contribution in [0.15, 0.2) is 6.20 Å². The lowest BCUT2D eigenvalue weighted by Crippen LogP contribution is -2.32. The number of nitrogens with zero attached hydrogens (tertiary/aromatic N) is 3. The summed E-state index contributed by atoms with van der Waals surface area (Å²) in [5.74, 6) is 1.67. The van der Waals surface area contributed by atoms with Crippen LogP contribution in [-0.4, -0.2) is 28.2 Å². The predicted octanol–water partition coefficient (Wildman–Crippen LogP) is 2.44. The maximum absolute atomic E-state index is 9.41. The summed E-state index contributed by atoms with van der Waals surface area (Å²) in [5, 5.41) is 9.41. The van der Waals surface area contributed by atoms with Crippen molar-refractivity contribution in [1.29, 1.82) is 0 Å². The summed E-state index contributed by atoms with van der Waals surface area (Å²) >= 11 is 0. The number of hydrogen-bond donors (Lipinski definition) is 1. The number of aliphatic hydroxyl groups is 1. The highest BCUT2D eigenvalue weighted by molar-refractivity contribution is 5.46. The van der Waals surface area contributed by atoms with E-state index in [2.05, 4.69) is 21.9 Å². The molecule has 1 heterocycles. The van der Waals surface area contributed by atoms with Crippen molar-refractivity contribution in [2.75, 3.05) is 11.9 Å². The number of anilines is 1. The second kappa shape index (κ2) is 6.14. The standard InChI is InChI=1S/C14H23N3O/c1-11-15-9-12(10-18)14(16-11)17(2)13-7-5-3-4-6-8-13/h9,13,18H,3-8,10H2,1-2H3. The highest BCUT2D eigenvalue weighted by atomic mass is 16.3. The normalized spacial score (nSPS) is 17.5. The molecule has 0 amide bonds. The Morgan fingerprint density at radius 1 is 1.28 bits per heavy atom. The molecule has 0 bridgehead atoms. The third-order valence-corrected chi connectivity index (χ3v) is 3.84. The van der Waals surface area contributed by atoms with E-state index in [0.717, 1.165) is 17.2 Å². The Morgan fingerprint density at radius 2 is 1.94 bits per heavy atom. The van der Waals surface area contributed by atoms with Gasteiger partial charge in [-0.2, -0.15) is 0 Å². The van der Waals surface area contributed by atoms with Crippen LogP contribution in [0.1, 0.15) is 49.9 Å². The molecule has 1 aliphatic rings. The van der Waals surface area contributed by atoms with Crippen LogP contribution >= 0.6 is 0 Å². The first-order valence-electron chi connectivity index (χ1n) is 6.88. The smallest absolute Gasteiger partial charge is 0.137 e. The van der Waals surface area contributed by atoms with Crippen LogP contribution in [-0.2, 0) is 6.61 Å². The van der Waals surface area contributed by atoms with Gasteiger partial charge in [-0.15, -0.1) is 0 Å². The molecule has 0 saturated heterocycles. The average molecular weight is 249 g/mol. The van der Waals surface area contributed by atoms with E-state index in [0.29, 0.717) is 6.04 Å². The number of hydrogen-bond acceptors (Lipinski definition) is 4. The first-order valence-corrected chi connectivity index (χ1v) is 6.88. The molecule has 1 saturated carbocycles. The lowest BCUT2D eigenvalue weighted by molar-refractivity contribution is 0.280. The predicted molar refractivity (Wildman–Crippen MR) is 72.6 cm³/mol. The summed E-state index contributed by atoms with van der Waals surface area (Å²) in [4.78, 5) is 10.9. The Balaban J connectivity index is 2.20. The van der Waals surface area contributed by atoms with E-state index in [1.54, 1.807) is 6.20 Å². The zero-order chi connectivity index (χ0) is 13.0. The number of aromatic nitrogens is 2. The largest absolute Gasteiger partial charge is 0.391 e. The Kier molecular flexibility index (Phi) is 4.53. The van der Waals surface area contributed by atoms with Crippen molar-refractivity contribution in [3.8, 4) is 0 Å². The van der Waals surface area contributed by atoms with Gasteiger partial charge >= 0.3 is 0 Å². The average Bonchev–Trinajstić information content (AvgIpc) is 2.66. The van der Waals surface area contributed by atoms with Crippen LogP contribution in [0.25, 0.3) is 0 Å². The molecule has 1 aromatic rings. The van der Waals surface area contributed by atoms with Gasteiger partial charge in [0.25, 0.3) is 0 Å². The number of aliphatic hydroxyl groups excluding tert-OH is 1. The summed E-state index contributed by atoms with van der Waals surface area (Å²) < 4.78 is 0. The molecule has 4 nitrogen and oxygen atoms in total. The Bertz CT molecular complexity index is 387. The summed E-state index contributed by atoms with van der Waals surface area (Å²) in [6.45, 7) is 1.90. The second-order valence-electron chi connectivity index (χ2n) is 5.18. The third kappa shape index (κ3) is 2.99. The van der Waals surface area contributed by atoms with E-state index in [1.165, 1.54) is 38.5 Å². The SMILES string of the molecule is Cc1ncc(CO)c(N(C)C2CCCCCC2)n1. The number of aryl methyl sites for hydroxylation is 1. The summed E-state index contributed by atoms with van der Waals surface area (Å²) in [5.41, 5.74) is 0.826. The van der Waals surface area contributed by atoms with Crippen LogP contribution in [0, 0.1) is 6.92 Å². The lowest BCUT2D eigenvalue weighted by Gasteiger charge is -2.29. The molecule has 0 aliphatic heterocycles. The second-order valence-corrected chi connectivity index (χ2v) is 5.18. The molecular formula is C14H23N3O. The minimum Gasteiger partial charge on any atom is -0.391 e. The van der Waals surface area contributed by atoms with E-state index >= 15 is 0 Å². The van der Waals surface area contributed by atoms with Crippen LogP contribution in [0.5, 0.6) is 0 Å². The van der Waals surface area contributed by atoms with Crippen molar-refractivity contribution in [2.45, 2.75) is 58.1 Å². The summed E-state index contributed by atoms with van der Waals surface area (Å²) in [7, 11) is 2.09. The van der Waals surface area contributed by atoms with Crippen molar-refractivity contribution in [1.82, 2.24) is 9.97 Å². The van der Waals surface area contributed by atoms with Gasteiger partial charge in [0.05, 0.1) is 6.61 Å². The first kappa shape index (κ1) is 13.3. The van der Waals surface area contributed by atoms with Gasteiger partial charge in [-0.25, -0.2) is 9.97 Å². The van der Waals surface area contributed by atoms with E-state index < -0.39 is 0 Å². The van der Waals surface area contributed by atoms with Crippen molar-refractivity contribution >= 4 is 5.82 Å². The van der Waals surface area contributed by atoms with Gasteiger partial charge in [0.2, 0.25) is 0 Å². The highest BCUT2D eigenvalue weighted by Gasteiger charge is 2.20. The molecule has 2 rings (SSSR count). The topological polar surface area (TPSA) is 49.3 Å². The fourth-order valence-corrected chi connectivity index (χ4v) is 2.72. The fraction of sp³-hybridized carbons (Fsp3) is 0.714. The monoisotopic (exact) mass is 249 g/mol. The Hall–Kier alpha value is -1.16. The van der Waals surface area contributed by atoms with Gasteiger partial charge in [-0.3, -0.25) is 0 Å². The minimum atomic E-state index is 0.00662. The maximum atomic E-state index is 9.41. The van der Waals surface area contributed by atoms with E-state index in [9.17, 15) is 5.11 Å². The molecule has 0 radical (unpaired) electrons. The van der Waals surface area contributed by atoms with Gasteiger partial charge < -0.3 is 10.0 Å². The van der Waals surface area contributed by atoms with Crippen LogP contribution in [0.4, 0.5) is 5.82 Å². The zero-order valence-electron chi connectivity index (χ0n) is 11.4. The fourth-order valence-electron chi connectivity index (χ4n) is 2.72. The van der Waals surface area contributed by atoms with Gasteiger partial charge in [-0.1, -0.05) is 25.7 Å². The zero-order valence-corrected chi connectivity index (χ0v) is 11.4. The summed E-state index contributed by atoms with van der Waals surface area (Å²) in [6, 6.07) is 0.548. The molecule has 4 heteroatoms. The molecule has 1 aromatic heterocycles. The van der Waals surface area contributed by atoms with Crippen LogP contribution < -0.4 is 4.90 Å².